The first kappa shape index (κ1) is 19.7. The summed E-state index contributed by atoms with van der Waals surface area (Å²) in [5, 5.41) is 0. The normalized spacial score (nSPS) is 24.5. The minimum Gasteiger partial charge on any atom is -0.339 e. The average molecular weight is 423 g/mol. The van der Waals surface area contributed by atoms with E-state index in [4.69, 9.17) is 0 Å². The van der Waals surface area contributed by atoms with E-state index in [1.54, 1.807) is 18.2 Å². The molecule has 152 valence electrons. The lowest BCUT2D eigenvalue weighted by Crippen LogP contribution is -2.50. The van der Waals surface area contributed by atoms with Crippen LogP contribution in [-0.4, -0.2) is 58.0 Å². The van der Waals surface area contributed by atoms with Gasteiger partial charge in [0.2, 0.25) is 15.9 Å². The van der Waals surface area contributed by atoms with Gasteiger partial charge in [0.05, 0.1) is 17.6 Å². The lowest BCUT2D eigenvalue weighted by atomic mass is 9.93. The number of fused-ring (bicyclic) bond motifs is 1. The molecule has 0 spiro atoms. The van der Waals surface area contributed by atoms with Gasteiger partial charge in [0.25, 0.3) is 0 Å². The molecule has 1 aromatic heterocycles. The maximum atomic E-state index is 13.3. The Hall–Kier alpha value is -1.58. The molecule has 2 fully saturated rings. The molecule has 7 nitrogen and oxygen atoms in total. The number of sulfonamides is 1. The standard InChI is InChI=1S/C19H26N4O3S2/c1-2-15-8-3-4-12-23(15)19(24)14-7-6-11-22(13-14)28(25,26)17-10-5-9-16-18(17)21-27-20-16/h5,9-10,14-15H,2-4,6-8,11-13H2,1H3. The fourth-order valence-electron chi connectivity index (χ4n) is 4.44. The summed E-state index contributed by atoms with van der Waals surface area (Å²) in [7, 11) is -3.71. The number of hydrogen-bond donors (Lipinski definition) is 0. The third-order valence-electron chi connectivity index (χ3n) is 5.98. The number of carbonyl (C=O) groups is 1. The zero-order chi connectivity index (χ0) is 19.7. The van der Waals surface area contributed by atoms with Crippen molar-refractivity contribution in [2.45, 2.75) is 56.4 Å². The average Bonchev–Trinajstić information content (AvgIpc) is 3.22. The molecule has 0 saturated carbocycles. The summed E-state index contributed by atoms with van der Waals surface area (Å²) in [5.41, 5.74) is 1.01. The van der Waals surface area contributed by atoms with E-state index in [2.05, 4.69) is 15.7 Å². The van der Waals surface area contributed by atoms with E-state index in [9.17, 15) is 13.2 Å². The number of likely N-dealkylation sites (tertiary alicyclic amines) is 1. The molecule has 2 saturated heterocycles. The SMILES string of the molecule is CCC1CCCCN1C(=O)C1CCCN(S(=O)(=O)c2cccc3nsnc23)C1. The predicted molar refractivity (Wildman–Crippen MR) is 109 cm³/mol. The Bertz CT molecular complexity index is 959. The fraction of sp³-hybridized carbons (Fsp3) is 0.632. The van der Waals surface area contributed by atoms with Gasteiger partial charge in [-0.15, -0.1) is 0 Å². The van der Waals surface area contributed by atoms with E-state index < -0.39 is 10.0 Å². The molecule has 0 aliphatic carbocycles. The summed E-state index contributed by atoms with van der Waals surface area (Å²) >= 11 is 1.01. The van der Waals surface area contributed by atoms with Crippen molar-refractivity contribution in [3.8, 4) is 0 Å². The van der Waals surface area contributed by atoms with Crippen molar-refractivity contribution in [1.29, 1.82) is 0 Å². The summed E-state index contributed by atoms with van der Waals surface area (Å²) in [6.45, 7) is 3.61. The van der Waals surface area contributed by atoms with Gasteiger partial charge in [-0.3, -0.25) is 4.79 Å². The molecule has 2 unspecified atom stereocenters. The first-order valence-electron chi connectivity index (χ1n) is 10.0. The number of nitrogens with zero attached hydrogens (tertiary/aromatic N) is 4. The molecule has 9 heteroatoms. The second kappa shape index (κ2) is 8.04. The van der Waals surface area contributed by atoms with Gasteiger partial charge >= 0.3 is 0 Å². The van der Waals surface area contributed by atoms with Crippen LogP contribution in [0, 0.1) is 5.92 Å². The highest BCUT2D eigenvalue weighted by atomic mass is 32.2. The number of aromatic nitrogens is 2. The maximum Gasteiger partial charge on any atom is 0.245 e. The largest absolute Gasteiger partial charge is 0.339 e. The second-order valence-electron chi connectivity index (χ2n) is 7.68. The van der Waals surface area contributed by atoms with Crippen molar-refractivity contribution in [3.63, 3.8) is 0 Å². The van der Waals surface area contributed by atoms with Crippen molar-refractivity contribution in [3.05, 3.63) is 18.2 Å². The molecule has 2 aromatic rings. The smallest absolute Gasteiger partial charge is 0.245 e. The first-order chi connectivity index (χ1) is 13.5. The minimum atomic E-state index is -3.71. The van der Waals surface area contributed by atoms with Crippen LogP contribution in [0.4, 0.5) is 0 Å². The van der Waals surface area contributed by atoms with Gasteiger partial charge < -0.3 is 4.90 Å². The molecule has 2 aliphatic heterocycles. The van der Waals surface area contributed by atoms with E-state index in [1.807, 2.05) is 4.90 Å². The number of piperidine rings is 2. The molecule has 0 radical (unpaired) electrons. The molecular formula is C19H26N4O3S2. The van der Waals surface area contributed by atoms with Gasteiger partial charge in [-0.2, -0.15) is 13.1 Å². The Morgan fingerprint density at radius 1 is 1.18 bits per heavy atom. The van der Waals surface area contributed by atoms with Crippen molar-refractivity contribution in [1.82, 2.24) is 18.0 Å². The fourth-order valence-corrected chi connectivity index (χ4v) is 6.72. The molecule has 2 aliphatic rings. The number of amides is 1. The van der Waals surface area contributed by atoms with Crippen LogP contribution in [0.3, 0.4) is 0 Å². The third-order valence-corrected chi connectivity index (χ3v) is 8.42. The van der Waals surface area contributed by atoms with Gasteiger partial charge in [0.15, 0.2) is 0 Å². The minimum absolute atomic E-state index is 0.125. The van der Waals surface area contributed by atoms with Crippen LogP contribution in [0.2, 0.25) is 0 Å². The molecule has 0 bridgehead atoms. The Morgan fingerprint density at radius 3 is 2.86 bits per heavy atom. The van der Waals surface area contributed by atoms with Crippen molar-refractivity contribution in [2.75, 3.05) is 19.6 Å². The maximum absolute atomic E-state index is 13.3. The van der Waals surface area contributed by atoms with E-state index in [-0.39, 0.29) is 23.3 Å². The van der Waals surface area contributed by atoms with Crippen molar-refractivity contribution >= 4 is 38.7 Å². The van der Waals surface area contributed by atoms with Gasteiger partial charge in [-0.1, -0.05) is 13.0 Å². The van der Waals surface area contributed by atoms with Crippen LogP contribution in [-0.2, 0) is 14.8 Å². The molecule has 0 N–H and O–H groups in total. The number of carbonyl (C=O) groups excluding carboxylic acids is 1. The lowest BCUT2D eigenvalue weighted by molar-refractivity contribution is -0.140. The molecule has 3 heterocycles. The third kappa shape index (κ3) is 3.55. The topological polar surface area (TPSA) is 83.5 Å². The van der Waals surface area contributed by atoms with Crippen molar-refractivity contribution < 1.29 is 13.2 Å². The van der Waals surface area contributed by atoms with Crippen molar-refractivity contribution in [2.24, 2.45) is 5.92 Å². The van der Waals surface area contributed by atoms with Gasteiger partial charge in [-0.05, 0) is 50.7 Å². The summed E-state index contributed by atoms with van der Waals surface area (Å²) in [5.74, 6) is -0.136. The quantitative estimate of drug-likeness (QED) is 0.756. The molecule has 2 atom stereocenters. The molecular weight excluding hydrogens is 396 g/mol. The highest BCUT2D eigenvalue weighted by Gasteiger charge is 2.37. The molecule has 4 rings (SSSR count). The van der Waals surface area contributed by atoms with E-state index in [0.29, 0.717) is 30.0 Å². The zero-order valence-electron chi connectivity index (χ0n) is 16.1. The van der Waals surface area contributed by atoms with E-state index >= 15 is 0 Å². The van der Waals surface area contributed by atoms with Crippen LogP contribution in [0.15, 0.2) is 23.1 Å². The van der Waals surface area contributed by atoms with Crippen LogP contribution >= 0.6 is 11.7 Å². The van der Waals surface area contributed by atoms with Crippen LogP contribution in [0.5, 0.6) is 0 Å². The Morgan fingerprint density at radius 2 is 2.04 bits per heavy atom. The summed E-state index contributed by atoms with van der Waals surface area (Å²) in [6, 6.07) is 5.34. The van der Waals surface area contributed by atoms with E-state index in [1.165, 1.54) is 10.7 Å². The zero-order valence-corrected chi connectivity index (χ0v) is 17.7. The lowest BCUT2D eigenvalue weighted by Gasteiger charge is -2.40. The molecule has 28 heavy (non-hydrogen) atoms. The van der Waals surface area contributed by atoms with E-state index in [0.717, 1.165) is 44.0 Å². The van der Waals surface area contributed by atoms with Gasteiger partial charge in [0.1, 0.15) is 15.9 Å². The second-order valence-corrected chi connectivity index (χ2v) is 10.1. The van der Waals surface area contributed by atoms with Crippen LogP contribution in [0.25, 0.3) is 11.0 Å². The molecule has 1 aromatic carbocycles. The highest BCUT2D eigenvalue weighted by molar-refractivity contribution is 7.89. The van der Waals surface area contributed by atoms with Crippen LogP contribution < -0.4 is 0 Å². The molecule has 1 amide bonds. The Labute approximate surface area is 170 Å². The van der Waals surface area contributed by atoms with Gasteiger partial charge in [0, 0.05) is 25.7 Å². The Kier molecular flexibility index (Phi) is 5.66. The first-order valence-corrected chi connectivity index (χ1v) is 12.2. The van der Waals surface area contributed by atoms with Crippen LogP contribution in [0.1, 0.15) is 45.4 Å². The summed E-state index contributed by atoms with van der Waals surface area (Å²) in [6.07, 6.45) is 5.66. The monoisotopic (exact) mass is 422 g/mol. The number of rotatable bonds is 4. The summed E-state index contributed by atoms with van der Waals surface area (Å²) < 4.78 is 36.4. The Balaban J connectivity index is 1.56. The number of benzene rings is 1. The predicted octanol–water partition coefficient (Wildman–Crippen LogP) is 2.88. The van der Waals surface area contributed by atoms with Gasteiger partial charge in [-0.25, -0.2) is 8.42 Å². The summed E-state index contributed by atoms with van der Waals surface area (Å²) in [4.78, 5) is 15.4. The highest BCUT2D eigenvalue weighted by Crippen LogP contribution is 2.30. The number of hydrogen-bond acceptors (Lipinski definition) is 6.